The van der Waals surface area contributed by atoms with Gasteiger partial charge >= 0.3 is 0 Å². The van der Waals surface area contributed by atoms with Gasteiger partial charge in [0.05, 0.1) is 12.6 Å². The van der Waals surface area contributed by atoms with E-state index in [0.717, 1.165) is 11.3 Å². The molecule has 4 nitrogen and oxygen atoms in total. The second-order valence-corrected chi connectivity index (χ2v) is 3.45. The molecular weight excluding hydrogens is 180 g/mol. The summed E-state index contributed by atoms with van der Waals surface area (Å²) in [5, 5.41) is 9.23. The highest BCUT2D eigenvalue weighted by molar-refractivity contribution is 5.19. The third-order valence-corrected chi connectivity index (χ3v) is 2.23. The molecule has 0 aliphatic carbocycles. The third-order valence-electron chi connectivity index (χ3n) is 2.23. The molecule has 1 aromatic heterocycles. The Labute approximate surface area is 83.0 Å². The van der Waals surface area contributed by atoms with Gasteiger partial charge in [-0.15, -0.1) is 0 Å². The number of pyridine rings is 1. The number of nitrogens with two attached hydrogens (primary N) is 1. The summed E-state index contributed by atoms with van der Waals surface area (Å²) in [7, 11) is 0. The highest BCUT2D eigenvalue weighted by Crippen LogP contribution is 2.04. The number of rotatable bonds is 3. The molecule has 0 saturated heterocycles. The Bertz CT molecular complexity index is 369. The lowest BCUT2D eigenvalue weighted by Gasteiger charge is -2.14. The van der Waals surface area contributed by atoms with Crippen LogP contribution in [0.5, 0.6) is 0 Å². The molecule has 1 rings (SSSR count). The van der Waals surface area contributed by atoms with Gasteiger partial charge in [-0.3, -0.25) is 4.79 Å². The number of aliphatic hydroxyl groups is 1. The highest BCUT2D eigenvalue weighted by Gasteiger charge is 2.06. The van der Waals surface area contributed by atoms with Crippen molar-refractivity contribution in [3.05, 3.63) is 33.7 Å². The lowest BCUT2D eigenvalue weighted by atomic mass is 10.2. The lowest BCUT2D eigenvalue weighted by molar-refractivity contribution is 0.171. The first kappa shape index (κ1) is 10.9. The van der Waals surface area contributed by atoms with Crippen LogP contribution in [0.15, 0.2) is 16.9 Å². The first-order valence-corrected chi connectivity index (χ1v) is 4.63. The van der Waals surface area contributed by atoms with E-state index in [1.54, 1.807) is 17.6 Å². The summed E-state index contributed by atoms with van der Waals surface area (Å²) in [6.45, 7) is 4.22. The molecule has 0 fully saturated rings. The van der Waals surface area contributed by atoms with Gasteiger partial charge < -0.3 is 15.4 Å². The summed E-state index contributed by atoms with van der Waals surface area (Å²) in [5.41, 5.74) is 7.20. The van der Waals surface area contributed by atoms with Crippen LogP contribution in [0.2, 0.25) is 0 Å². The van der Waals surface area contributed by atoms with Crippen molar-refractivity contribution in [2.24, 2.45) is 5.73 Å². The minimum Gasteiger partial charge on any atom is -0.392 e. The van der Waals surface area contributed by atoms with Crippen LogP contribution in [0.1, 0.15) is 18.2 Å². The summed E-state index contributed by atoms with van der Waals surface area (Å²) in [4.78, 5) is 11.5. The Morgan fingerprint density at radius 2 is 2.21 bits per heavy atom. The zero-order valence-electron chi connectivity index (χ0n) is 8.53. The molecule has 78 valence electrons. The van der Waals surface area contributed by atoms with Gasteiger partial charge in [0.25, 0.3) is 5.56 Å². The average molecular weight is 196 g/mol. The van der Waals surface area contributed by atoms with Gasteiger partial charge in [0.2, 0.25) is 0 Å². The summed E-state index contributed by atoms with van der Waals surface area (Å²) in [6, 6.07) is 3.22. The van der Waals surface area contributed by atoms with Crippen molar-refractivity contribution >= 4 is 0 Å². The molecular formula is C10H16N2O2. The maximum atomic E-state index is 11.5. The molecule has 0 aliphatic rings. The van der Waals surface area contributed by atoms with E-state index in [1.807, 2.05) is 6.92 Å². The Morgan fingerprint density at radius 1 is 1.57 bits per heavy atom. The van der Waals surface area contributed by atoms with Crippen LogP contribution in [0.25, 0.3) is 0 Å². The monoisotopic (exact) mass is 196 g/mol. The van der Waals surface area contributed by atoms with Crippen molar-refractivity contribution in [1.29, 1.82) is 0 Å². The van der Waals surface area contributed by atoms with Crippen molar-refractivity contribution < 1.29 is 5.11 Å². The molecule has 1 atom stereocenters. The Morgan fingerprint density at radius 3 is 2.71 bits per heavy atom. The van der Waals surface area contributed by atoms with Gasteiger partial charge in [0, 0.05) is 18.3 Å². The molecule has 14 heavy (non-hydrogen) atoms. The fraction of sp³-hybridized carbons (Fsp3) is 0.500. The quantitative estimate of drug-likeness (QED) is 0.714. The van der Waals surface area contributed by atoms with E-state index >= 15 is 0 Å². The summed E-state index contributed by atoms with van der Waals surface area (Å²) in [6.07, 6.45) is -0.528. The molecule has 0 radical (unpaired) electrons. The SMILES string of the molecule is Cc1c(CN)ccc(=O)n1CC(C)O. The molecule has 0 aliphatic heterocycles. The zero-order valence-corrected chi connectivity index (χ0v) is 8.53. The Kier molecular flexibility index (Phi) is 3.43. The van der Waals surface area contributed by atoms with E-state index in [0.29, 0.717) is 13.1 Å². The maximum absolute atomic E-state index is 11.5. The fourth-order valence-corrected chi connectivity index (χ4v) is 1.43. The first-order valence-electron chi connectivity index (χ1n) is 4.63. The summed E-state index contributed by atoms with van der Waals surface area (Å²) < 4.78 is 1.55. The van der Waals surface area contributed by atoms with Crippen LogP contribution < -0.4 is 11.3 Å². The van der Waals surface area contributed by atoms with Crippen LogP contribution in [0.4, 0.5) is 0 Å². The summed E-state index contributed by atoms with van der Waals surface area (Å²) >= 11 is 0. The van der Waals surface area contributed by atoms with E-state index in [1.165, 1.54) is 6.07 Å². The van der Waals surface area contributed by atoms with Gasteiger partial charge in [-0.2, -0.15) is 0 Å². The second-order valence-electron chi connectivity index (χ2n) is 3.45. The number of aliphatic hydroxyl groups excluding tert-OH is 1. The fourth-order valence-electron chi connectivity index (χ4n) is 1.43. The van der Waals surface area contributed by atoms with E-state index < -0.39 is 6.10 Å². The molecule has 0 aromatic carbocycles. The molecule has 1 aromatic rings. The topological polar surface area (TPSA) is 68.2 Å². The van der Waals surface area contributed by atoms with Crippen LogP contribution in [0.3, 0.4) is 0 Å². The van der Waals surface area contributed by atoms with Crippen molar-refractivity contribution in [3.63, 3.8) is 0 Å². The smallest absolute Gasteiger partial charge is 0.250 e. The molecule has 4 heteroatoms. The van der Waals surface area contributed by atoms with Gasteiger partial charge in [-0.05, 0) is 19.4 Å². The van der Waals surface area contributed by atoms with Crippen molar-refractivity contribution in [1.82, 2.24) is 4.57 Å². The second kappa shape index (κ2) is 4.39. The van der Waals surface area contributed by atoms with Gasteiger partial charge in [0.1, 0.15) is 0 Å². The third kappa shape index (κ3) is 2.21. The standard InChI is InChI=1S/C10H16N2O2/c1-7(13)6-12-8(2)9(5-11)3-4-10(12)14/h3-4,7,13H,5-6,11H2,1-2H3. The van der Waals surface area contributed by atoms with Gasteiger partial charge in [-0.1, -0.05) is 6.07 Å². The minimum atomic E-state index is -0.528. The number of hydrogen-bond acceptors (Lipinski definition) is 3. The largest absolute Gasteiger partial charge is 0.392 e. The average Bonchev–Trinajstić information content (AvgIpc) is 2.12. The van der Waals surface area contributed by atoms with Crippen LogP contribution >= 0.6 is 0 Å². The van der Waals surface area contributed by atoms with Gasteiger partial charge in [-0.25, -0.2) is 0 Å². The summed E-state index contributed by atoms with van der Waals surface area (Å²) in [5.74, 6) is 0. The highest BCUT2D eigenvalue weighted by atomic mass is 16.3. The molecule has 0 bridgehead atoms. The minimum absolute atomic E-state index is 0.0967. The van der Waals surface area contributed by atoms with E-state index in [-0.39, 0.29) is 5.56 Å². The molecule has 3 N–H and O–H groups in total. The van der Waals surface area contributed by atoms with E-state index in [9.17, 15) is 9.90 Å². The first-order chi connectivity index (χ1) is 6.56. The zero-order chi connectivity index (χ0) is 10.7. The van der Waals surface area contributed by atoms with Crippen molar-refractivity contribution in [2.75, 3.05) is 0 Å². The Hall–Kier alpha value is -1.13. The predicted octanol–water partition coefficient (Wildman–Crippen LogP) is -0.00378. The lowest BCUT2D eigenvalue weighted by Crippen LogP contribution is -2.27. The Balaban J connectivity index is 3.18. The number of hydrogen-bond donors (Lipinski definition) is 2. The predicted molar refractivity (Wildman–Crippen MR) is 55.0 cm³/mol. The molecule has 0 spiro atoms. The van der Waals surface area contributed by atoms with E-state index in [2.05, 4.69) is 0 Å². The van der Waals surface area contributed by atoms with E-state index in [4.69, 9.17) is 5.73 Å². The van der Waals surface area contributed by atoms with Crippen LogP contribution in [-0.4, -0.2) is 15.8 Å². The number of aromatic nitrogens is 1. The molecule has 1 unspecified atom stereocenters. The molecule has 0 saturated carbocycles. The van der Waals surface area contributed by atoms with Crippen LogP contribution in [0, 0.1) is 6.92 Å². The normalized spacial score (nSPS) is 12.9. The molecule has 0 amide bonds. The molecule has 1 heterocycles. The maximum Gasteiger partial charge on any atom is 0.250 e. The number of nitrogens with zero attached hydrogens (tertiary/aromatic N) is 1. The van der Waals surface area contributed by atoms with Crippen molar-refractivity contribution in [3.8, 4) is 0 Å². The van der Waals surface area contributed by atoms with Crippen molar-refractivity contribution in [2.45, 2.75) is 33.0 Å². The van der Waals surface area contributed by atoms with Crippen LogP contribution in [-0.2, 0) is 13.1 Å². The van der Waals surface area contributed by atoms with Gasteiger partial charge in [0.15, 0.2) is 0 Å².